The number of nitro benzene ring substituents is 1. The number of thiazole rings is 1. The first-order valence-corrected chi connectivity index (χ1v) is 13.5. The molecule has 6 rings (SSSR count). The van der Waals surface area contributed by atoms with Crippen LogP contribution < -0.4 is 19.6 Å². The number of allylic oxidation sites excluding steroid dienone is 1. The number of aryl methyl sites for hydroxylation is 1. The van der Waals surface area contributed by atoms with Gasteiger partial charge in [0, 0.05) is 17.7 Å². The van der Waals surface area contributed by atoms with Crippen LogP contribution >= 0.6 is 33.9 Å². The summed E-state index contributed by atoms with van der Waals surface area (Å²) in [6.45, 7) is 0. The van der Waals surface area contributed by atoms with Gasteiger partial charge in [0.2, 0.25) is 0 Å². The van der Waals surface area contributed by atoms with Gasteiger partial charge in [0.25, 0.3) is 11.2 Å². The van der Waals surface area contributed by atoms with Crippen LogP contribution in [0.15, 0.2) is 82.1 Å². The minimum Gasteiger partial charge on any atom is -0.496 e. The number of rotatable bonds is 4. The average Bonchev–Trinajstić information content (AvgIpc) is 3.21. The summed E-state index contributed by atoms with van der Waals surface area (Å²) in [6, 6.07) is 20.1. The topological polar surface area (TPSA) is 86.7 Å². The van der Waals surface area contributed by atoms with E-state index in [-0.39, 0.29) is 11.2 Å². The lowest BCUT2D eigenvalue weighted by molar-refractivity contribution is -0.384. The van der Waals surface area contributed by atoms with E-state index in [1.54, 1.807) is 23.8 Å². The number of ether oxygens (including phenoxy) is 1. The van der Waals surface area contributed by atoms with Crippen molar-refractivity contribution >= 4 is 51.4 Å². The molecule has 2 heterocycles. The third-order valence-electron chi connectivity index (χ3n) is 6.74. The Hall–Kier alpha value is -3.57. The highest BCUT2D eigenvalue weighted by Crippen LogP contribution is 2.41. The SMILES string of the molecule is COc1ccc(C=c2sc3n(c2=O)C(c2cccc([N+](=O)[O-])c2)C2=C(N=3)c3ccccc3CC2)cc1I. The maximum absolute atomic E-state index is 13.8. The van der Waals surface area contributed by atoms with E-state index in [0.717, 1.165) is 44.6 Å². The molecule has 0 bridgehead atoms. The van der Waals surface area contributed by atoms with E-state index >= 15 is 0 Å². The molecule has 3 aromatic carbocycles. The van der Waals surface area contributed by atoms with Gasteiger partial charge in [0.15, 0.2) is 4.80 Å². The Morgan fingerprint density at radius 2 is 1.97 bits per heavy atom. The highest BCUT2D eigenvalue weighted by atomic mass is 127. The molecule has 2 aliphatic rings. The van der Waals surface area contributed by atoms with Crippen molar-refractivity contribution in [1.82, 2.24) is 4.57 Å². The predicted octanol–water partition coefficient (Wildman–Crippen LogP) is 4.84. The Kier molecular flexibility index (Phi) is 6.04. The first-order chi connectivity index (χ1) is 17.9. The largest absolute Gasteiger partial charge is 0.496 e. The van der Waals surface area contributed by atoms with Crippen molar-refractivity contribution in [2.45, 2.75) is 18.9 Å². The quantitative estimate of drug-likeness (QED) is 0.186. The van der Waals surface area contributed by atoms with E-state index in [2.05, 4.69) is 34.7 Å². The van der Waals surface area contributed by atoms with E-state index in [0.29, 0.717) is 14.9 Å². The number of nitro groups is 1. The minimum absolute atomic E-state index is 0.00259. The van der Waals surface area contributed by atoms with Crippen LogP contribution in [-0.4, -0.2) is 16.6 Å². The third kappa shape index (κ3) is 4.11. The van der Waals surface area contributed by atoms with Gasteiger partial charge in [0.05, 0.1) is 31.9 Å². The van der Waals surface area contributed by atoms with Gasteiger partial charge in [-0.25, -0.2) is 4.99 Å². The molecule has 0 saturated carbocycles. The van der Waals surface area contributed by atoms with Gasteiger partial charge < -0.3 is 4.74 Å². The second kappa shape index (κ2) is 9.38. The summed E-state index contributed by atoms with van der Waals surface area (Å²) in [5, 5.41) is 11.6. The Bertz CT molecular complexity index is 1800. The zero-order valence-corrected chi connectivity index (χ0v) is 22.7. The number of fused-ring (bicyclic) bond motifs is 3. The standard InChI is InChI=1S/C28H20IN3O4S/c1-36-23-12-9-16(13-22(23)29)14-24-27(33)31-26(18-6-4-7-19(15-18)32(34)35)21-11-10-17-5-2-3-8-20(17)25(21)30-28(31)37-24/h2-9,12-15,26H,10-11H2,1H3. The van der Waals surface area contributed by atoms with E-state index in [4.69, 9.17) is 9.73 Å². The van der Waals surface area contributed by atoms with Gasteiger partial charge >= 0.3 is 0 Å². The fourth-order valence-electron chi connectivity index (χ4n) is 5.05. The Morgan fingerprint density at radius 3 is 2.76 bits per heavy atom. The van der Waals surface area contributed by atoms with Gasteiger partial charge in [-0.3, -0.25) is 19.5 Å². The van der Waals surface area contributed by atoms with Crippen LogP contribution in [0.2, 0.25) is 0 Å². The molecular weight excluding hydrogens is 601 g/mol. The van der Waals surface area contributed by atoms with Crippen LogP contribution in [0, 0.1) is 13.7 Å². The molecule has 184 valence electrons. The zero-order chi connectivity index (χ0) is 25.7. The molecule has 1 atom stereocenters. The first-order valence-electron chi connectivity index (χ1n) is 11.7. The Labute approximate surface area is 229 Å². The number of benzene rings is 3. The molecule has 4 aromatic rings. The Morgan fingerprint density at radius 1 is 1.14 bits per heavy atom. The van der Waals surface area contributed by atoms with Crippen molar-refractivity contribution in [1.29, 1.82) is 0 Å². The number of non-ortho nitro benzene ring substituents is 1. The molecule has 1 aliphatic carbocycles. The van der Waals surface area contributed by atoms with Crippen LogP contribution in [0.1, 0.15) is 34.7 Å². The van der Waals surface area contributed by atoms with Gasteiger partial charge in [-0.05, 0) is 75.9 Å². The lowest BCUT2D eigenvalue weighted by atomic mass is 9.83. The summed E-state index contributed by atoms with van der Waals surface area (Å²) >= 11 is 3.55. The summed E-state index contributed by atoms with van der Waals surface area (Å²) in [5.74, 6) is 0.774. The monoisotopic (exact) mass is 621 g/mol. The van der Waals surface area contributed by atoms with Crippen LogP contribution in [-0.2, 0) is 6.42 Å². The summed E-state index contributed by atoms with van der Waals surface area (Å²) < 4.78 is 8.57. The maximum Gasteiger partial charge on any atom is 0.271 e. The Balaban J connectivity index is 1.60. The number of aromatic nitrogens is 1. The summed E-state index contributed by atoms with van der Waals surface area (Å²) in [4.78, 5) is 30.6. The van der Waals surface area contributed by atoms with Crippen molar-refractivity contribution in [2.24, 2.45) is 4.99 Å². The molecule has 0 radical (unpaired) electrons. The van der Waals surface area contributed by atoms with E-state index < -0.39 is 11.0 Å². The fourth-order valence-corrected chi connectivity index (χ4v) is 6.82. The van der Waals surface area contributed by atoms with Gasteiger partial charge in [0.1, 0.15) is 5.75 Å². The predicted molar refractivity (Wildman–Crippen MR) is 152 cm³/mol. The molecule has 0 N–H and O–H groups in total. The molecule has 1 unspecified atom stereocenters. The van der Waals surface area contributed by atoms with Crippen molar-refractivity contribution < 1.29 is 9.66 Å². The highest BCUT2D eigenvalue weighted by Gasteiger charge is 2.33. The van der Waals surface area contributed by atoms with Crippen LogP contribution in [0.3, 0.4) is 0 Å². The second-order valence-electron chi connectivity index (χ2n) is 8.86. The van der Waals surface area contributed by atoms with Gasteiger partial charge in [-0.2, -0.15) is 0 Å². The third-order valence-corrected chi connectivity index (χ3v) is 8.57. The minimum atomic E-state index is -0.461. The fraction of sp³-hybridized carbons (Fsp3) is 0.143. The van der Waals surface area contributed by atoms with Crippen LogP contribution in [0.4, 0.5) is 5.69 Å². The molecule has 0 saturated heterocycles. The highest BCUT2D eigenvalue weighted by molar-refractivity contribution is 14.1. The second-order valence-corrected chi connectivity index (χ2v) is 11.0. The molecule has 9 heteroatoms. The van der Waals surface area contributed by atoms with Gasteiger partial charge in [-0.15, -0.1) is 0 Å². The van der Waals surface area contributed by atoms with Crippen LogP contribution in [0.25, 0.3) is 11.8 Å². The first kappa shape index (κ1) is 23.8. The zero-order valence-electron chi connectivity index (χ0n) is 19.7. The van der Waals surface area contributed by atoms with E-state index in [9.17, 15) is 14.9 Å². The number of nitrogens with zero attached hydrogens (tertiary/aromatic N) is 3. The number of methoxy groups -OCH3 is 1. The smallest absolute Gasteiger partial charge is 0.271 e. The normalized spacial score (nSPS) is 16.5. The molecule has 37 heavy (non-hydrogen) atoms. The molecule has 7 nitrogen and oxygen atoms in total. The molecule has 0 fully saturated rings. The molecule has 0 amide bonds. The van der Waals surface area contributed by atoms with E-state index in [1.165, 1.54) is 23.0 Å². The molecule has 0 spiro atoms. The number of hydrogen-bond donors (Lipinski definition) is 0. The molecule has 1 aromatic heterocycles. The number of halogens is 1. The summed E-state index contributed by atoms with van der Waals surface area (Å²) in [6.07, 6.45) is 3.42. The molecule has 1 aliphatic heterocycles. The summed E-state index contributed by atoms with van der Waals surface area (Å²) in [7, 11) is 1.63. The van der Waals surface area contributed by atoms with Crippen molar-refractivity contribution in [3.8, 4) is 5.75 Å². The number of hydrogen-bond acceptors (Lipinski definition) is 6. The lowest BCUT2D eigenvalue weighted by Crippen LogP contribution is -2.38. The maximum atomic E-state index is 13.8. The van der Waals surface area contributed by atoms with Crippen molar-refractivity contribution in [3.05, 3.63) is 128 Å². The van der Waals surface area contributed by atoms with E-state index in [1.807, 2.05) is 42.5 Å². The van der Waals surface area contributed by atoms with Crippen molar-refractivity contribution in [2.75, 3.05) is 7.11 Å². The van der Waals surface area contributed by atoms with Gasteiger partial charge in [-0.1, -0.05) is 53.8 Å². The van der Waals surface area contributed by atoms with Crippen LogP contribution in [0.5, 0.6) is 5.75 Å². The summed E-state index contributed by atoms with van der Waals surface area (Å²) in [5.41, 5.74) is 5.59. The molecular formula is C28H20IN3O4S. The average molecular weight is 621 g/mol. The lowest BCUT2D eigenvalue weighted by Gasteiger charge is -2.30. The van der Waals surface area contributed by atoms with Crippen molar-refractivity contribution in [3.63, 3.8) is 0 Å².